The van der Waals surface area contributed by atoms with Crippen LogP contribution in [0.5, 0.6) is 0 Å². The van der Waals surface area contributed by atoms with Crippen molar-refractivity contribution in [3.8, 4) is 0 Å². The number of aromatic nitrogens is 1. The smallest absolute Gasteiger partial charge is 0.309 e. The molecule has 4 saturated carbocycles. The molecule has 8 heteroatoms. The van der Waals surface area contributed by atoms with Crippen molar-refractivity contribution in [3.63, 3.8) is 0 Å². The molecule has 182 valence electrons. The molecule has 0 radical (unpaired) electrons. The van der Waals surface area contributed by atoms with Gasteiger partial charge in [-0.1, -0.05) is 24.6 Å². The average Bonchev–Trinajstić information content (AvgIpc) is 3.37. The standard InChI is InChI=1S/C26H33ClN4O3/c1-14(12-31-13-19-9-28-11-20(19)23(31)16-2-3-21(27)29-10-16)24(32)30-22-17-4-15-5-18(22)8-26(6-15,7-17)25(33)34/h2-3,10,14-15,17-18,22-23,28H,4-9,11-13H2,1H3,(H,30,32)(H,33,34). The van der Waals surface area contributed by atoms with Crippen LogP contribution in [0.3, 0.4) is 0 Å². The maximum atomic E-state index is 13.4. The van der Waals surface area contributed by atoms with Crippen molar-refractivity contribution in [2.24, 2.45) is 29.1 Å². The van der Waals surface area contributed by atoms with Gasteiger partial charge in [0.1, 0.15) is 5.15 Å². The molecule has 4 aliphatic carbocycles. The number of amides is 1. The van der Waals surface area contributed by atoms with E-state index in [1.54, 1.807) is 0 Å². The molecule has 4 unspecified atom stereocenters. The fraction of sp³-hybridized carbons (Fsp3) is 0.654. The Morgan fingerprint density at radius 1 is 1.26 bits per heavy atom. The zero-order chi connectivity index (χ0) is 23.6. The lowest BCUT2D eigenvalue weighted by Crippen LogP contribution is -2.61. The van der Waals surface area contributed by atoms with Gasteiger partial charge in [-0.3, -0.25) is 14.5 Å². The minimum atomic E-state index is -0.628. The quantitative estimate of drug-likeness (QED) is 0.424. The monoisotopic (exact) mass is 484 g/mol. The molecule has 1 aromatic heterocycles. The van der Waals surface area contributed by atoms with Gasteiger partial charge in [-0.15, -0.1) is 0 Å². The van der Waals surface area contributed by atoms with Gasteiger partial charge in [0.05, 0.1) is 11.5 Å². The molecule has 2 aliphatic heterocycles. The van der Waals surface area contributed by atoms with Gasteiger partial charge in [0, 0.05) is 44.3 Å². The maximum Gasteiger partial charge on any atom is 0.309 e. The normalized spacial score (nSPS) is 37.2. The first-order chi connectivity index (χ1) is 16.3. The molecule has 4 fully saturated rings. The van der Waals surface area contributed by atoms with Crippen molar-refractivity contribution in [2.45, 2.75) is 51.1 Å². The van der Waals surface area contributed by atoms with E-state index in [4.69, 9.17) is 11.6 Å². The van der Waals surface area contributed by atoms with Crippen LogP contribution in [-0.4, -0.2) is 59.1 Å². The first-order valence-corrected chi connectivity index (χ1v) is 13.0. The highest BCUT2D eigenvalue weighted by atomic mass is 35.5. The van der Waals surface area contributed by atoms with Crippen LogP contribution in [0.2, 0.25) is 5.15 Å². The van der Waals surface area contributed by atoms with E-state index in [0.717, 1.165) is 57.3 Å². The molecule has 7 rings (SSSR count). The van der Waals surface area contributed by atoms with Crippen molar-refractivity contribution in [2.75, 3.05) is 26.2 Å². The van der Waals surface area contributed by atoms with Crippen LogP contribution >= 0.6 is 11.6 Å². The number of hydrogen-bond donors (Lipinski definition) is 3. The summed E-state index contributed by atoms with van der Waals surface area (Å²) in [6.45, 7) is 5.34. The van der Waals surface area contributed by atoms with Crippen molar-refractivity contribution >= 4 is 23.5 Å². The van der Waals surface area contributed by atoms with Crippen LogP contribution in [-0.2, 0) is 9.59 Å². The first-order valence-electron chi connectivity index (χ1n) is 12.6. The fourth-order valence-electron chi connectivity index (χ4n) is 7.98. The number of halogens is 1. The second-order valence-electron chi connectivity index (χ2n) is 11.5. The zero-order valence-corrected chi connectivity index (χ0v) is 20.4. The summed E-state index contributed by atoms with van der Waals surface area (Å²) in [5.74, 6) is 0.433. The van der Waals surface area contributed by atoms with Gasteiger partial charge < -0.3 is 15.7 Å². The Morgan fingerprint density at radius 2 is 2.03 bits per heavy atom. The topological polar surface area (TPSA) is 94.6 Å². The molecule has 0 aromatic carbocycles. The summed E-state index contributed by atoms with van der Waals surface area (Å²) in [5, 5.41) is 17.2. The van der Waals surface area contributed by atoms with Crippen molar-refractivity contribution in [3.05, 3.63) is 40.2 Å². The number of rotatable bonds is 6. The molecule has 0 saturated heterocycles. The zero-order valence-electron chi connectivity index (χ0n) is 19.6. The summed E-state index contributed by atoms with van der Waals surface area (Å²) in [4.78, 5) is 32.1. The Balaban J connectivity index is 1.14. The Morgan fingerprint density at radius 3 is 2.71 bits per heavy atom. The number of pyridine rings is 1. The van der Waals surface area contributed by atoms with Crippen molar-refractivity contribution in [1.29, 1.82) is 0 Å². The van der Waals surface area contributed by atoms with Crippen LogP contribution in [0.1, 0.15) is 50.6 Å². The van der Waals surface area contributed by atoms with Gasteiger partial charge in [0.15, 0.2) is 0 Å². The number of hydrogen-bond acceptors (Lipinski definition) is 5. The third-order valence-electron chi connectivity index (χ3n) is 9.25. The molecular formula is C26H33ClN4O3. The number of nitrogens with zero attached hydrogens (tertiary/aromatic N) is 2. The third kappa shape index (κ3) is 3.67. The minimum Gasteiger partial charge on any atom is -0.481 e. The lowest BCUT2D eigenvalue weighted by atomic mass is 9.48. The molecule has 4 atom stereocenters. The molecule has 3 heterocycles. The number of carboxylic acid groups (broad SMARTS) is 1. The Bertz CT molecular complexity index is 1020. The van der Waals surface area contributed by atoms with Crippen molar-refractivity contribution in [1.82, 2.24) is 20.5 Å². The van der Waals surface area contributed by atoms with Gasteiger partial charge >= 0.3 is 5.97 Å². The Labute approximate surface area is 205 Å². The second-order valence-corrected chi connectivity index (χ2v) is 11.9. The lowest BCUT2D eigenvalue weighted by Gasteiger charge is -2.58. The average molecular weight is 485 g/mol. The van der Waals surface area contributed by atoms with E-state index in [0.29, 0.717) is 29.5 Å². The fourth-order valence-corrected chi connectivity index (χ4v) is 8.10. The van der Waals surface area contributed by atoms with E-state index in [1.165, 1.54) is 11.1 Å². The minimum absolute atomic E-state index is 0.0972. The molecule has 3 N–H and O–H groups in total. The van der Waals surface area contributed by atoms with E-state index >= 15 is 0 Å². The summed E-state index contributed by atoms with van der Waals surface area (Å²) in [7, 11) is 0. The number of nitrogens with one attached hydrogen (secondary N) is 2. The molecule has 0 spiro atoms. The molecule has 7 nitrogen and oxygen atoms in total. The number of carbonyl (C=O) groups is 2. The summed E-state index contributed by atoms with van der Waals surface area (Å²) in [5.41, 5.74) is 3.40. The van der Waals surface area contributed by atoms with Gasteiger partial charge in [0.25, 0.3) is 0 Å². The second kappa shape index (κ2) is 8.32. The summed E-state index contributed by atoms with van der Waals surface area (Å²) < 4.78 is 0. The summed E-state index contributed by atoms with van der Waals surface area (Å²) in [6.07, 6.45) is 6.24. The molecule has 1 amide bonds. The van der Waals surface area contributed by atoms with E-state index < -0.39 is 11.4 Å². The van der Waals surface area contributed by atoms with Crippen LogP contribution in [0, 0.1) is 29.1 Å². The van der Waals surface area contributed by atoms with Gasteiger partial charge in [-0.2, -0.15) is 0 Å². The van der Waals surface area contributed by atoms with E-state index in [-0.39, 0.29) is 23.9 Å². The molecule has 6 aliphatic rings. The van der Waals surface area contributed by atoms with Gasteiger partial charge in [-0.05, 0) is 72.6 Å². The summed E-state index contributed by atoms with van der Waals surface area (Å²) in [6, 6.07) is 4.13. The summed E-state index contributed by atoms with van der Waals surface area (Å²) >= 11 is 6.03. The number of carbonyl (C=O) groups excluding carboxylic acids is 1. The largest absolute Gasteiger partial charge is 0.481 e. The highest BCUT2D eigenvalue weighted by Crippen LogP contribution is 2.60. The SMILES string of the molecule is CC(CN1CC2=C(CNC2)C1c1ccc(Cl)nc1)C(=O)NC1C2CC3CC1CC(C(=O)O)(C3)C2. The number of carboxylic acids is 1. The van der Waals surface area contributed by atoms with Crippen LogP contribution in [0.15, 0.2) is 29.5 Å². The van der Waals surface area contributed by atoms with Crippen molar-refractivity contribution < 1.29 is 14.7 Å². The molecule has 4 bridgehead atoms. The predicted molar refractivity (Wildman–Crippen MR) is 128 cm³/mol. The van der Waals surface area contributed by atoms with Gasteiger partial charge in [0.2, 0.25) is 5.91 Å². The molecule has 34 heavy (non-hydrogen) atoms. The maximum absolute atomic E-state index is 13.4. The molecule has 1 aromatic rings. The Hall–Kier alpha value is -1.96. The lowest BCUT2D eigenvalue weighted by molar-refractivity contribution is -0.168. The van der Waals surface area contributed by atoms with Gasteiger partial charge in [-0.25, -0.2) is 4.98 Å². The highest BCUT2D eigenvalue weighted by Gasteiger charge is 2.59. The van der Waals surface area contributed by atoms with E-state index in [2.05, 4.69) is 20.5 Å². The number of aliphatic carboxylic acids is 1. The molecular weight excluding hydrogens is 452 g/mol. The Kier molecular flexibility index (Phi) is 5.50. The van der Waals surface area contributed by atoms with E-state index in [1.807, 2.05) is 25.3 Å². The predicted octanol–water partition coefficient (Wildman–Crippen LogP) is 3.02. The van der Waals surface area contributed by atoms with Crippen LogP contribution < -0.4 is 10.6 Å². The third-order valence-corrected chi connectivity index (χ3v) is 9.48. The highest BCUT2D eigenvalue weighted by molar-refractivity contribution is 6.29. The van der Waals surface area contributed by atoms with Crippen LogP contribution in [0.4, 0.5) is 0 Å². The van der Waals surface area contributed by atoms with E-state index in [9.17, 15) is 14.7 Å². The van der Waals surface area contributed by atoms with Crippen LogP contribution in [0.25, 0.3) is 0 Å². The first kappa shape index (κ1) is 22.5.